The monoisotopic (exact) mass is 444 g/mol. The summed E-state index contributed by atoms with van der Waals surface area (Å²) >= 11 is 1.08. The van der Waals surface area contributed by atoms with Gasteiger partial charge in [0.1, 0.15) is 21.3 Å². The zero-order valence-corrected chi connectivity index (χ0v) is 16.8. The number of fused-ring (bicyclic) bond motifs is 1. The summed E-state index contributed by atoms with van der Waals surface area (Å²) < 4.78 is 43.4. The number of amides is 1. The van der Waals surface area contributed by atoms with Crippen molar-refractivity contribution in [3.8, 4) is 17.0 Å². The van der Waals surface area contributed by atoms with E-state index in [2.05, 4.69) is 15.3 Å². The van der Waals surface area contributed by atoms with Crippen LogP contribution in [0.25, 0.3) is 21.5 Å². The molecule has 158 valence electrons. The predicted octanol–water partition coefficient (Wildman–Crippen LogP) is 5.22. The van der Waals surface area contributed by atoms with Crippen LogP contribution in [0.15, 0.2) is 54.7 Å². The van der Waals surface area contributed by atoms with Crippen LogP contribution in [0.3, 0.4) is 0 Å². The number of para-hydroxylation sites is 1. The Kier molecular flexibility index (Phi) is 5.24. The van der Waals surface area contributed by atoms with Gasteiger partial charge in [0.25, 0.3) is 5.91 Å². The Bertz CT molecular complexity index is 1270. The Hall–Kier alpha value is -3.66. The van der Waals surface area contributed by atoms with Gasteiger partial charge in [-0.15, -0.1) is 11.3 Å². The molecular weight excluding hydrogens is 429 g/mol. The van der Waals surface area contributed by atoms with Crippen LogP contribution in [0.4, 0.5) is 24.7 Å². The minimum Gasteiger partial charge on any atom is -0.496 e. The predicted molar refractivity (Wildman–Crippen MR) is 113 cm³/mol. The summed E-state index contributed by atoms with van der Waals surface area (Å²) in [4.78, 5) is 21.6. The molecule has 0 aliphatic rings. The molecule has 0 bridgehead atoms. The van der Waals surface area contributed by atoms with E-state index < -0.39 is 17.6 Å². The Balaban J connectivity index is 1.63. The molecule has 4 rings (SSSR count). The number of halogens is 3. The highest BCUT2D eigenvalue weighted by atomic mass is 32.1. The normalized spacial score (nSPS) is 11.5. The molecule has 3 heterocycles. The molecule has 3 N–H and O–H groups in total. The number of nitrogens with two attached hydrogens (primary N) is 1. The second-order valence-corrected chi connectivity index (χ2v) is 7.48. The number of hydrogen-bond acceptors (Lipinski definition) is 6. The van der Waals surface area contributed by atoms with Gasteiger partial charge in [-0.05, 0) is 36.4 Å². The molecule has 6 nitrogen and oxygen atoms in total. The van der Waals surface area contributed by atoms with Crippen molar-refractivity contribution in [2.75, 3.05) is 18.2 Å². The van der Waals surface area contributed by atoms with E-state index in [9.17, 15) is 18.0 Å². The fourth-order valence-electron chi connectivity index (χ4n) is 2.98. The zero-order chi connectivity index (χ0) is 22.2. The number of hydrogen-bond donors (Lipinski definition) is 2. The van der Waals surface area contributed by atoms with Gasteiger partial charge in [0.05, 0.1) is 24.1 Å². The highest BCUT2D eigenvalue weighted by Crippen LogP contribution is 2.36. The number of carbonyl (C=O) groups excluding carboxylic acids is 1. The first-order valence-corrected chi connectivity index (χ1v) is 9.76. The number of aromatic nitrogens is 2. The first kappa shape index (κ1) is 20.6. The number of alkyl halides is 3. The van der Waals surface area contributed by atoms with Crippen molar-refractivity contribution in [3.63, 3.8) is 0 Å². The third kappa shape index (κ3) is 4.02. The third-order valence-corrected chi connectivity index (χ3v) is 5.63. The summed E-state index contributed by atoms with van der Waals surface area (Å²) in [5, 5.41) is 3.07. The van der Waals surface area contributed by atoms with Crippen molar-refractivity contribution in [1.29, 1.82) is 0 Å². The smallest absolute Gasteiger partial charge is 0.417 e. The largest absolute Gasteiger partial charge is 0.496 e. The van der Waals surface area contributed by atoms with E-state index in [1.165, 1.54) is 0 Å². The molecule has 0 saturated carbocycles. The van der Waals surface area contributed by atoms with Gasteiger partial charge in [0.2, 0.25) is 0 Å². The van der Waals surface area contributed by atoms with E-state index in [-0.39, 0.29) is 16.4 Å². The molecule has 0 aliphatic heterocycles. The molecule has 0 saturated heterocycles. The van der Waals surface area contributed by atoms with Crippen LogP contribution in [0.5, 0.6) is 5.75 Å². The van der Waals surface area contributed by atoms with Gasteiger partial charge in [-0.2, -0.15) is 13.2 Å². The minimum atomic E-state index is -4.50. The molecule has 0 radical (unpaired) electrons. The minimum absolute atomic E-state index is 0.0162. The number of benzene rings is 1. The zero-order valence-electron chi connectivity index (χ0n) is 16.0. The maximum Gasteiger partial charge on any atom is 0.417 e. The van der Waals surface area contributed by atoms with E-state index in [1.807, 2.05) is 24.3 Å². The van der Waals surface area contributed by atoms with Gasteiger partial charge in [-0.3, -0.25) is 4.79 Å². The van der Waals surface area contributed by atoms with Gasteiger partial charge in [-0.25, -0.2) is 9.97 Å². The van der Waals surface area contributed by atoms with Crippen molar-refractivity contribution in [2.45, 2.75) is 6.18 Å². The van der Waals surface area contributed by atoms with Crippen LogP contribution in [-0.2, 0) is 6.18 Å². The van der Waals surface area contributed by atoms with Gasteiger partial charge in [-0.1, -0.05) is 12.1 Å². The number of pyridine rings is 2. The average Bonchev–Trinajstić information content (AvgIpc) is 3.09. The lowest BCUT2D eigenvalue weighted by Gasteiger charge is -2.07. The summed E-state index contributed by atoms with van der Waals surface area (Å²) in [6.45, 7) is 0. The SMILES string of the molecule is COc1ccccc1-c1ccc2c(N)c(C(=O)Nc3ccc(C(F)(F)F)cn3)sc2n1. The maximum atomic E-state index is 12.7. The average molecular weight is 444 g/mol. The summed E-state index contributed by atoms with van der Waals surface area (Å²) in [6, 6.07) is 12.9. The Labute approximate surface area is 178 Å². The standard InChI is InChI=1S/C21H15F3N4O2S/c1-30-15-5-3-2-4-12(15)14-8-7-13-17(25)18(31-20(13)27-14)19(29)28-16-9-6-11(10-26-16)21(22,23)24/h2-10H,25H2,1H3,(H,26,28,29). The summed E-state index contributed by atoms with van der Waals surface area (Å²) in [5.74, 6) is 0.0642. The van der Waals surface area contributed by atoms with Gasteiger partial charge < -0.3 is 15.8 Å². The lowest BCUT2D eigenvalue weighted by molar-refractivity contribution is -0.137. The van der Waals surface area contributed by atoms with Crippen LogP contribution < -0.4 is 15.8 Å². The number of nitrogens with zero attached hydrogens (tertiary/aromatic N) is 2. The highest BCUT2D eigenvalue weighted by Gasteiger charge is 2.30. The fraction of sp³-hybridized carbons (Fsp3) is 0.0952. The summed E-state index contributed by atoms with van der Waals surface area (Å²) in [5.41, 5.74) is 6.92. The van der Waals surface area contributed by atoms with Crippen LogP contribution in [-0.4, -0.2) is 23.0 Å². The van der Waals surface area contributed by atoms with Crippen LogP contribution >= 0.6 is 11.3 Å². The van der Waals surface area contributed by atoms with Gasteiger partial charge in [0.15, 0.2) is 0 Å². The molecule has 4 aromatic rings. The number of rotatable bonds is 4. The van der Waals surface area contributed by atoms with Crippen molar-refractivity contribution in [2.24, 2.45) is 0 Å². The Morgan fingerprint density at radius 1 is 1.13 bits per heavy atom. The van der Waals surface area contributed by atoms with Gasteiger partial charge in [0, 0.05) is 17.1 Å². The Morgan fingerprint density at radius 2 is 1.90 bits per heavy atom. The van der Waals surface area contributed by atoms with E-state index in [0.717, 1.165) is 29.0 Å². The van der Waals surface area contributed by atoms with E-state index >= 15 is 0 Å². The molecule has 0 fully saturated rings. The molecule has 1 aromatic carbocycles. The van der Waals surface area contributed by atoms with Crippen molar-refractivity contribution < 1.29 is 22.7 Å². The molecule has 31 heavy (non-hydrogen) atoms. The molecule has 0 spiro atoms. The fourth-order valence-corrected chi connectivity index (χ4v) is 3.97. The molecule has 0 unspecified atom stereocenters. The van der Waals surface area contributed by atoms with E-state index in [4.69, 9.17) is 10.5 Å². The topological polar surface area (TPSA) is 90.1 Å². The molecule has 10 heteroatoms. The summed E-state index contributed by atoms with van der Waals surface area (Å²) in [7, 11) is 1.57. The quantitative estimate of drug-likeness (QED) is 0.450. The number of anilines is 2. The van der Waals surface area contributed by atoms with Crippen molar-refractivity contribution in [3.05, 3.63) is 65.2 Å². The van der Waals surface area contributed by atoms with E-state index in [0.29, 0.717) is 27.9 Å². The third-order valence-electron chi connectivity index (χ3n) is 4.52. The van der Waals surface area contributed by atoms with Crippen LogP contribution in [0.2, 0.25) is 0 Å². The lowest BCUT2D eigenvalue weighted by Crippen LogP contribution is -2.13. The first-order chi connectivity index (χ1) is 14.8. The maximum absolute atomic E-state index is 12.7. The van der Waals surface area contributed by atoms with Crippen LogP contribution in [0.1, 0.15) is 15.2 Å². The second kappa shape index (κ2) is 7.88. The first-order valence-electron chi connectivity index (χ1n) is 8.95. The molecular formula is C21H15F3N4O2S. The van der Waals surface area contributed by atoms with Crippen LogP contribution in [0, 0.1) is 0 Å². The summed E-state index contributed by atoms with van der Waals surface area (Å²) in [6.07, 6.45) is -3.85. The molecule has 1 amide bonds. The van der Waals surface area contributed by atoms with E-state index in [1.54, 1.807) is 19.2 Å². The molecule has 0 aliphatic carbocycles. The number of thiophene rings is 1. The second-order valence-electron chi connectivity index (χ2n) is 6.48. The number of nitrogen functional groups attached to an aromatic ring is 1. The number of ether oxygens (including phenoxy) is 1. The Morgan fingerprint density at radius 3 is 2.58 bits per heavy atom. The number of nitrogens with one attached hydrogen (secondary N) is 1. The molecule has 3 aromatic heterocycles. The van der Waals surface area contributed by atoms with Crippen molar-refractivity contribution >= 4 is 39.0 Å². The lowest BCUT2D eigenvalue weighted by atomic mass is 10.1. The number of methoxy groups -OCH3 is 1. The van der Waals surface area contributed by atoms with Crippen molar-refractivity contribution in [1.82, 2.24) is 9.97 Å². The highest BCUT2D eigenvalue weighted by molar-refractivity contribution is 7.21. The van der Waals surface area contributed by atoms with Gasteiger partial charge >= 0.3 is 6.18 Å². The number of carbonyl (C=O) groups is 1. The molecule has 0 atom stereocenters.